The summed E-state index contributed by atoms with van der Waals surface area (Å²) in [5.41, 5.74) is 7.46. The first-order valence-electron chi connectivity index (χ1n) is 17.2. The van der Waals surface area contributed by atoms with E-state index < -0.39 is 5.60 Å². The van der Waals surface area contributed by atoms with E-state index >= 15 is 0 Å². The number of piperidine rings is 1. The van der Waals surface area contributed by atoms with Crippen LogP contribution in [0.15, 0.2) is 72.3 Å². The molecule has 2 aliphatic rings. The number of Topliss-reactive ketones (excluding diaryl/α,β-unsaturated/α-hetero) is 1. The molecule has 0 radical (unpaired) electrons. The average Bonchev–Trinajstić information content (AvgIpc) is 3.32. The van der Waals surface area contributed by atoms with Gasteiger partial charge in [0, 0.05) is 17.1 Å². The van der Waals surface area contributed by atoms with Crippen LogP contribution in [0, 0.1) is 13.8 Å². The number of hydrogen-bond donors (Lipinski definition) is 0. The van der Waals surface area contributed by atoms with Crippen molar-refractivity contribution in [3.63, 3.8) is 0 Å². The van der Waals surface area contributed by atoms with Crippen molar-refractivity contribution in [3.05, 3.63) is 99.6 Å². The molecule has 0 aliphatic carbocycles. The van der Waals surface area contributed by atoms with Gasteiger partial charge in [-0.3, -0.25) is 9.69 Å². The van der Waals surface area contributed by atoms with Gasteiger partial charge in [-0.2, -0.15) is 0 Å². The maximum Gasteiger partial charge on any atom is 0.339 e. The summed E-state index contributed by atoms with van der Waals surface area (Å²) in [6, 6.07) is 22.7. The van der Waals surface area contributed by atoms with E-state index in [4.69, 9.17) is 16.3 Å². The van der Waals surface area contributed by atoms with Crippen molar-refractivity contribution in [1.82, 2.24) is 4.90 Å². The fourth-order valence-corrected chi connectivity index (χ4v) is 6.27. The number of esters is 1. The van der Waals surface area contributed by atoms with E-state index in [2.05, 4.69) is 88.0 Å². The van der Waals surface area contributed by atoms with E-state index in [0.717, 1.165) is 53.6 Å². The van der Waals surface area contributed by atoms with Crippen molar-refractivity contribution >= 4 is 28.9 Å². The second-order valence-corrected chi connectivity index (χ2v) is 12.4. The standard InChI is InChI=1S/C27H30ClNO3.C8H10.C4H10.C2H6/c1-5-23-25(26(31)32-27(23)10-7-11-29(16-27)15-19(4)30)21-14-24(28)22(13-18(21)3)20-9-6-8-17(2)12-20;1-2-8-6-4-3-5-7-8;1-3-4-2;1-2/h6,8-9,12-14H,5,7,10-11,15-16H2,1-4H3;3-7H,2H2,1H3;3-4H2,1-2H3;1-2H3. The first-order chi connectivity index (χ1) is 22.1. The van der Waals surface area contributed by atoms with Crippen molar-refractivity contribution in [1.29, 1.82) is 0 Å². The molecule has 2 heterocycles. The fraction of sp³-hybridized carbons (Fsp3) is 0.463. The molecule has 1 atom stereocenters. The number of carbonyl (C=O) groups excluding carboxylic acids is 2. The van der Waals surface area contributed by atoms with Crippen LogP contribution in [-0.2, 0) is 20.7 Å². The summed E-state index contributed by atoms with van der Waals surface area (Å²) < 4.78 is 6.09. The van der Waals surface area contributed by atoms with Crippen LogP contribution >= 0.6 is 11.6 Å². The third-order valence-electron chi connectivity index (χ3n) is 8.34. The lowest BCUT2D eigenvalue weighted by Gasteiger charge is -2.40. The molecule has 46 heavy (non-hydrogen) atoms. The lowest BCUT2D eigenvalue weighted by molar-refractivity contribution is -0.149. The lowest BCUT2D eigenvalue weighted by atomic mass is 9.81. The lowest BCUT2D eigenvalue weighted by Crippen LogP contribution is -2.50. The van der Waals surface area contributed by atoms with Crippen molar-refractivity contribution in [2.75, 3.05) is 19.6 Å². The number of unbranched alkanes of at least 4 members (excludes halogenated alkanes) is 1. The van der Waals surface area contributed by atoms with Crippen molar-refractivity contribution in [2.24, 2.45) is 0 Å². The number of likely N-dealkylation sites (tertiary alicyclic amines) is 1. The highest BCUT2D eigenvalue weighted by atomic mass is 35.5. The predicted octanol–water partition coefficient (Wildman–Crippen LogP) is 10.8. The largest absolute Gasteiger partial charge is 0.449 e. The van der Waals surface area contributed by atoms with Crippen LogP contribution in [0.5, 0.6) is 0 Å². The van der Waals surface area contributed by atoms with E-state index in [1.165, 1.54) is 24.0 Å². The number of hydrogen-bond acceptors (Lipinski definition) is 4. The number of halogens is 1. The second kappa shape index (κ2) is 19.5. The van der Waals surface area contributed by atoms with Gasteiger partial charge in [0.1, 0.15) is 11.4 Å². The van der Waals surface area contributed by atoms with Crippen LogP contribution in [0.1, 0.15) is 103 Å². The van der Waals surface area contributed by atoms with E-state index in [0.29, 0.717) is 30.1 Å². The van der Waals surface area contributed by atoms with E-state index in [1.807, 2.05) is 39.0 Å². The van der Waals surface area contributed by atoms with E-state index in [-0.39, 0.29) is 11.8 Å². The quantitative estimate of drug-likeness (QED) is 0.240. The first-order valence-corrected chi connectivity index (χ1v) is 17.6. The Morgan fingerprint density at radius 1 is 0.891 bits per heavy atom. The van der Waals surface area contributed by atoms with Gasteiger partial charge in [0.25, 0.3) is 0 Å². The van der Waals surface area contributed by atoms with Crippen LogP contribution < -0.4 is 0 Å². The van der Waals surface area contributed by atoms with Crippen molar-refractivity contribution < 1.29 is 14.3 Å². The number of benzene rings is 3. The van der Waals surface area contributed by atoms with Gasteiger partial charge < -0.3 is 4.74 Å². The molecule has 0 bridgehead atoms. The third-order valence-corrected chi connectivity index (χ3v) is 8.65. The fourth-order valence-electron chi connectivity index (χ4n) is 6.00. The molecule has 4 nitrogen and oxygen atoms in total. The van der Waals surface area contributed by atoms with Crippen LogP contribution in [0.2, 0.25) is 5.02 Å². The molecular formula is C41H56ClNO3. The molecule has 1 fully saturated rings. The van der Waals surface area contributed by atoms with Crippen LogP contribution in [0.25, 0.3) is 16.7 Å². The zero-order valence-electron chi connectivity index (χ0n) is 29.8. The minimum Gasteiger partial charge on any atom is -0.449 e. The number of ether oxygens (including phenoxy) is 1. The van der Waals surface area contributed by atoms with E-state index in [9.17, 15) is 9.59 Å². The summed E-state index contributed by atoms with van der Waals surface area (Å²) in [4.78, 5) is 27.0. The Labute approximate surface area is 284 Å². The molecule has 250 valence electrons. The highest BCUT2D eigenvalue weighted by Crippen LogP contribution is 2.46. The summed E-state index contributed by atoms with van der Waals surface area (Å²) >= 11 is 6.74. The first kappa shape index (κ1) is 39.0. The molecule has 0 amide bonds. The summed E-state index contributed by atoms with van der Waals surface area (Å²) in [5, 5.41) is 0.620. The molecule has 5 rings (SSSR count). The Morgan fingerprint density at radius 3 is 2.11 bits per heavy atom. The van der Waals surface area contributed by atoms with Crippen molar-refractivity contribution in [3.8, 4) is 11.1 Å². The zero-order valence-corrected chi connectivity index (χ0v) is 30.5. The Bertz CT molecular complexity index is 1440. The smallest absolute Gasteiger partial charge is 0.339 e. The molecule has 1 saturated heterocycles. The van der Waals surface area contributed by atoms with Gasteiger partial charge in [-0.1, -0.05) is 126 Å². The third kappa shape index (κ3) is 10.4. The summed E-state index contributed by atoms with van der Waals surface area (Å²) in [5.74, 6) is -0.156. The van der Waals surface area contributed by atoms with E-state index in [1.54, 1.807) is 6.92 Å². The molecule has 5 heteroatoms. The van der Waals surface area contributed by atoms with Crippen LogP contribution in [-0.4, -0.2) is 41.9 Å². The van der Waals surface area contributed by atoms with Gasteiger partial charge >= 0.3 is 5.97 Å². The summed E-state index contributed by atoms with van der Waals surface area (Å²) in [6.45, 7) is 20.1. The Balaban J connectivity index is 0.000000439. The molecule has 3 aromatic carbocycles. The molecule has 1 spiro atoms. The Hall–Kier alpha value is -3.21. The minimum absolute atomic E-state index is 0.128. The average molecular weight is 646 g/mol. The van der Waals surface area contributed by atoms with Gasteiger partial charge in [0.2, 0.25) is 0 Å². The molecular weight excluding hydrogens is 590 g/mol. The Morgan fingerprint density at radius 2 is 1.57 bits per heavy atom. The molecule has 0 saturated carbocycles. The van der Waals surface area contributed by atoms with Crippen LogP contribution in [0.3, 0.4) is 0 Å². The topological polar surface area (TPSA) is 46.6 Å². The minimum atomic E-state index is -0.650. The monoisotopic (exact) mass is 645 g/mol. The summed E-state index contributed by atoms with van der Waals surface area (Å²) in [7, 11) is 0. The van der Waals surface area contributed by atoms with Gasteiger partial charge in [-0.15, -0.1) is 0 Å². The zero-order chi connectivity index (χ0) is 34.3. The number of ketones is 1. The maximum absolute atomic E-state index is 13.2. The molecule has 3 aromatic rings. The van der Waals surface area contributed by atoms with Crippen molar-refractivity contribution in [2.45, 2.75) is 106 Å². The van der Waals surface area contributed by atoms with Gasteiger partial charge in [0.05, 0.1) is 12.1 Å². The predicted molar refractivity (Wildman–Crippen MR) is 197 cm³/mol. The second-order valence-electron chi connectivity index (χ2n) is 12.0. The number of rotatable bonds is 7. The van der Waals surface area contributed by atoms with Gasteiger partial charge in [-0.25, -0.2) is 4.79 Å². The normalized spacial score (nSPS) is 17.2. The highest BCUT2D eigenvalue weighted by molar-refractivity contribution is 6.34. The number of carbonyl (C=O) groups is 2. The number of nitrogens with zero attached hydrogens (tertiary/aromatic N) is 1. The number of aryl methyl sites for hydroxylation is 3. The highest BCUT2D eigenvalue weighted by Gasteiger charge is 2.49. The molecule has 2 aliphatic heterocycles. The molecule has 0 aromatic heterocycles. The SMILES string of the molecule is CC.CCC1=C(c2cc(Cl)c(-c3cccc(C)c3)cc2C)C(=O)OC12CCCN(CC(C)=O)C2.CCCC.CCc1ccccc1. The molecule has 1 unspecified atom stereocenters. The molecule has 0 N–H and O–H groups in total. The Kier molecular flexibility index (Phi) is 16.5. The van der Waals surface area contributed by atoms with Gasteiger partial charge in [-0.05, 0) is 93.0 Å². The maximum atomic E-state index is 13.2. The summed E-state index contributed by atoms with van der Waals surface area (Å²) in [6.07, 6.45) is 6.17. The van der Waals surface area contributed by atoms with Crippen LogP contribution in [0.4, 0.5) is 0 Å². The van der Waals surface area contributed by atoms with Gasteiger partial charge in [0.15, 0.2) is 0 Å².